The van der Waals surface area contributed by atoms with E-state index in [1.807, 2.05) is 12.1 Å². The van der Waals surface area contributed by atoms with Crippen LogP contribution < -0.4 is 5.32 Å². The van der Waals surface area contributed by atoms with Crippen LogP contribution >= 0.6 is 11.8 Å². The molecule has 1 heterocycles. The van der Waals surface area contributed by atoms with Gasteiger partial charge in [-0.15, -0.1) is 6.58 Å². The summed E-state index contributed by atoms with van der Waals surface area (Å²) >= 11 is 1.80. The van der Waals surface area contributed by atoms with Crippen molar-refractivity contribution in [1.29, 1.82) is 0 Å². The predicted molar refractivity (Wildman–Crippen MR) is 54.0 cm³/mol. The minimum Gasteiger partial charge on any atom is -0.367 e. The maximum Gasteiger partial charge on any atom is 0.125 e. The average Bonchev–Trinajstić information content (AvgIpc) is 2.47. The number of hydrogen-bond donors (Lipinski definition) is 1. The molecule has 1 radical (unpaired) electrons. The van der Waals surface area contributed by atoms with Crippen molar-refractivity contribution in [1.82, 2.24) is 0 Å². The Morgan fingerprint density at radius 2 is 2.25 bits per heavy atom. The van der Waals surface area contributed by atoms with Crippen molar-refractivity contribution in [3.63, 3.8) is 0 Å². The molecular weight excluding hydrogens is 166 g/mol. The first kappa shape index (κ1) is 7.74. The Labute approximate surface area is 76.9 Å². The summed E-state index contributed by atoms with van der Waals surface area (Å²) in [4.78, 5) is 1.31. The molecule has 0 amide bonds. The molecule has 0 aromatic heterocycles. The number of nitrogens with one attached hydrogen (secondary N) is 1. The third kappa shape index (κ3) is 1.34. The van der Waals surface area contributed by atoms with Crippen molar-refractivity contribution in [2.75, 3.05) is 5.32 Å². The Bertz CT molecular complexity index is 271. The van der Waals surface area contributed by atoms with Crippen LogP contribution in [-0.2, 0) is 0 Å². The van der Waals surface area contributed by atoms with E-state index in [2.05, 4.69) is 30.1 Å². The molecule has 1 N–H and O–H groups in total. The van der Waals surface area contributed by atoms with Crippen LogP contribution in [0.1, 0.15) is 6.42 Å². The fourth-order valence-corrected chi connectivity index (χ4v) is 2.19. The summed E-state index contributed by atoms with van der Waals surface area (Å²) in [6, 6.07) is 8.33. The van der Waals surface area contributed by atoms with E-state index in [4.69, 9.17) is 0 Å². The Kier molecular flexibility index (Phi) is 2.09. The lowest BCUT2D eigenvalue weighted by Gasteiger charge is -2.03. The van der Waals surface area contributed by atoms with E-state index < -0.39 is 0 Å². The molecule has 0 atom stereocenters. The van der Waals surface area contributed by atoms with E-state index in [9.17, 15) is 0 Å². The largest absolute Gasteiger partial charge is 0.367 e. The quantitative estimate of drug-likeness (QED) is 0.694. The Balaban J connectivity index is 2.16. The molecule has 0 bridgehead atoms. The molecule has 1 aromatic rings. The maximum absolute atomic E-state index is 3.71. The molecule has 1 aliphatic rings. The van der Waals surface area contributed by atoms with E-state index in [-0.39, 0.29) is 0 Å². The molecule has 0 saturated carbocycles. The first-order chi connectivity index (χ1) is 5.90. The molecule has 0 unspecified atom stereocenters. The predicted octanol–water partition coefficient (Wildman–Crippen LogP) is 3.27. The van der Waals surface area contributed by atoms with Crippen LogP contribution in [0.3, 0.4) is 0 Å². The molecule has 0 spiro atoms. The number of thioether (sulfide) groups is 1. The van der Waals surface area contributed by atoms with Crippen molar-refractivity contribution in [2.24, 2.45) is 0 Å². The lowest BCUT2D eigenvalue weighted by molar-refractivity contribution is 1.19. The van der Waals surface area contributed by atoms with Crippen molar-refractivity contribution in [3.05, 3.63) is 42.3 Å². The third-order valence-electron chi connectivity index (χ3n) is 1.72. The average molecular weight is 176 g/mol. The molecule has 0 saturated heterocycles. The molecule has 0 aliphatic carbocycles. The van der Waals surface area contributed by atoms with E-state index in [1.165, 1.54) is 16.0 Å². The van der Waals surface area contributed by atoms with Gasteiger partial charge in [0.2, 0.25) is 0 Å². The summed E-state index contributed by atoms with van der Waals surface area (Å²) in [6.07, 6.45) is 2.85. The highest BCUT2D eigenvalue weighted by Gasteiger charge is 2.19. The number of hydrogen-bond acceptors (Lipinski definition) is 2. The maximum atomic E-state index is 3.71. The van der Waals surface area contributed by atoms with Crippen LogP contribution in [0, 0.1) is 5.37 Å². The van der Waals surface area contributed by atoms with Crippen LogP contribution in [0.2, 0.25) is 0 Å². The van der Waals surface area contributed by atoms with Crippen molar-refractivity contribution < 1.29 is 0 Å². The zero-order valence-corrected chi connectivity index (χ0v) is 7.53. The third-order valence-corrected chi connectivity index (χ3v) is 2.82. The van der Waals surface area contributed by atoms with Gasteiger partial charge in [-0.05, 0) is 12.1 Å². The molecule has 61 valence electrons. The van der Waals surface area contributed by atoms with Gasteiger partial charge in [-0.3, -0.25) is 0 Å². The van der Waals surface area contributed by atoms with Gasteiger partial charge in [-0.2, -0.15) is 0 Å². The fraction of sp³-hybridized carbons (Fsp3) is 0.100. The standard InChI is InChI=1S/C10H10NS/c1-2-5-10-11-8-6-3-4-7-9(8)12-10/h2-4,6-7,11H,1,5H2. The van der Waals surface area contributed by atoms with Crippen LogP contribution in [-0.4, -0.2) is 0 Å². The van der Waals surface area contributed by atoms with Gasteiger partial charge in [0.15, 0.2) is 0 Å². The van der Waals surface area contributed by atoms with Gasteiger partial charge in [0.1, 0.15) is 5.37 Å². The minimum atomic E-state index is 0.930. The molecular formula is C10H10NS. The lowest BCUT2D eigenvalue weighted by Crippen LogP contribution is -1.97. The van der Waals surface area contributed by atoms with Gasteiger partial charge in [-0.25, -0.2) is 0 Å². The first-order valence-corrected chi connectivity index (χ1v) is 4.72. The van der Waals surface area contributed by atoms with Gasteiger partial charge in [0, 0.05) is 17.0 Å². The second-order valence-electron chi connectivity index (χ2n) is 2.64. The van der Waals surface area contributed by atoms with Crippen molar-refractivity contribution in [2.45, 2.75) is 11.3 Å². The van der Waals surface area contributed by atoms with E-state index in [1.54, 1.807) is 11.8 Å². The van der Waals surface area contributed by atoms with E-state index in [0.717, 1.165) is 6.42 Å². The zero-order chi connectivity index (χ0) is 8.39. The summed E-state index contributed by atoms with van der Waals surface area (Å²) < 4.78 is 0. The van der Waals surface area contributed by atoms with Crippen molar-refractivity contribution >= 4 is 17.4 Å². The van der Waals surface area contributed by atoms with Gasteiger partial charge in [0.25, 0.3) is 0 Å². The van der Waals surface area contributed by atoms with Crippen LogP contribution in [0.25, 0.3) is 0 Å². The number of anilines is 1. The summed E-state index contributed by atoms with van der Waals surface area (Å²) in [7, 11) is 0. The smallest absolute Gasteiger partial charge is 0.125 e. The Morgan fingerprint density at radius 3 is 3.00 bits per heavy atom. The highest BCUT2D eigenvalue weighted by Crippen LogP contribution is 2.43. The zero-order valence-electron chi connectivity index (χ0n) is 6.71. The van der Waals surface area contributed by atoms with Crippen LogP contribution in [0.4, 0.5) is 5.69 Å². The van der Waals surface area contributed by atoms with Gasteiger partial charge >= 0.3 is 0 Å². The molecule has 1 aliphatic heterocycles. The normalized spacial score (nSPS) is 15.3. The van der Waals surface area contributed by atoms with E-state index >= 15 is 0 Å². The van der Waals surface area contributed by atoms with Crippen LogP contribution in [0.15, 0.2) is 41.8 Å². The molecule has 2 heteroatoms. The number of fused-ring (bicyclic) bond motifs is 1. The minimum absolute atomic E-state index is 0.930. The SMILES string of the molecule is C=CC[C]1Nc2ccccc2S1. The number of para-hydroxylation sites is 1. The molecule has 0 fully saturated rings. The second-order valence-corrected chi connectivity index (χ2v) is 3.78. The Hall–Kier alpha value is -0.890. The second kappa shape index (κ2) is 3.23. The summed E-state index contributed by atoms with van der Waals surface area (Å²) in [5.74, 6) is 0. The molecule has 2 rings (SSSR count). The highest BCUT2D eigenvalue weighted by atomic mass is 32.2. The number of benzene rings is 1. The van der Waals surface area contributed by atoms with Crippen molar-refractivity contribution in [3.8, 4) is 0 Å². The van der Waals surface area contributed by atoms with Crippen LogP contribution in [0.5, 0.6) is 0 Å². The molecule has 1 aromatic carbocycles. The lowest BCUT2D eigenvalue weighted by atomic mass is 10.3. The molecule has 12 heavy (non-hydrogen) atoms. The fourth-order valence-electron chi connectivity index (χ4n) is 1.19. The first-order valence-electron chi connectivity index (χ1n) is 3.91. The van der Waals surface area contributed by atoms with Gasteiger partial charge in [-0.1, -0.05) is 30.0 Å². The monoisotopic (exact) mass is 176 g/mol. The number of rotatable bonds is 2. The summed E-state index contributed by atoms with van der Waals surface area (Å²) in [5.41, 5.74) is 1.22. The summed E-state index contributed by atoms with van der Waals surface area (Å²) in [6.45, 7) is 3.71. The topological polar surface area (TPSA) is 12.0 Å². The highest BCUT2D eigenvalue weighted by molar-refractivity contribution is 8.02. The Morgan fingerprint density at radius 1 is 1.42 bits per heavy atom. The van der Waals surface area contributed by atoms with Gasteiger partial charge in [0.05, 0.1) is 0 Å². The molecule has 1 nitrogen and oxygen atoms in total. The summed E-state index contributed by atoms with van der Waals surface area (Å²) in [5, 5.41) is 4.61. The van der Waals surface area contributed by atoms with E-state index in [0.29, 0.717) is 0 Å². The van der Waals surface area contributed by atoms with Gasteiger partial charge < -0.3 is 5.32 Å².